The first-order valence-electron chi connectivity index (χ1n) is 23.7. The molecule has 10 aromatic rings. The van der Waals surface area contributed by atoms with Gasteiger partial charge >= 0.3 is 0 Å². The van der Waals surface area contributed by atoms with E-state index in [1.807, 2.05) is 46.2 Å². The highest BCUT2D eigenvalue weighted by molar-refractivity contribution is 8.00. The molecule has 0 atom stereocenters. The molecule has 4 aromatic carbocycles. The summed E-state index contributed by atoms with van der Waals surface area (Å²) in [4.78, 5) is 14.7. The van der Waals surface area contributed by atoms with E-state index in [0.29, 0.717) is 0 Å². The molecule has 0 saturated carbocycles. The van der Waals surface area contributed by atoms with Gasteiger partial charge in [-0.3, -0.25) is 0 Å². The molecule has 68 heavy (non-hydrogen) atoms. The summed E-state index contributed by atoms with van der Waals surface area (Å²) in [6.45, 7) is 4.69. The van der Waals surface area contributed by atoms with Crippen molar-refractivity contribution in [2.45, 2.75) is 60.8 Å². The van der Waals surface area contributed by atoms with Crippen LogP contribution in [0, 0.1) is 0 Å². The Morgan fingerprint density at radius 2 is 0.647 bits per heavy atom. The average molecular weight is 1060 g/mol. The van der Waals surface area contributed by atoms with E-state index in [0.717, 1.165) is 12.8 Å². The molecule has 6 aromatic heterocycles. The lowest BCUT2D eigenvalue weighted by Gasteiger charge is -2.30. The zero-order valence-electron chi connectivity index (χ0n) is 38.5. The highest BCUT2D eigenvalue weighted by Gasteiger charge is 2.53. The molecule has 0 aliphatic carbocycles. The summed E-state index contributed by atoms with van der Waals surface area (Å²) in [7, 11) is -5.09. The van der Waals surface area contributed by atoms with Crippen LogP contribution in [0.4, 0.5) is 0 Å². The fourth-order valence-corrected chi connectivity index (χ4v) is 32.6. The van der Waals surface area contributed by atoms with Crippen molar-refractivity contribution in [2.75, 3.05) is 12.5 Å². The second kappa shape index (κ2) is 18.8. The maximum Gasteiger partial charge on any atom is 0.182 e. The molecule has 10 heteroatoms. The number of benzene rings is 4. The quantitative estimate of drug-likeness (QED) is 0.0741. The van der Waals surface area contributed by atoms with Gasteiger partial charge in [0.15, 0.2) is 16.1 Å². The highest BCUT2D eigenvalue weighted by Crippen LogP contribution is 2.51. The fourth-order valence-electron chi connectivity index (χ4n) is 11.0. The number of fused-ring (bicyclic) bond motifs is 6. The van der Waals surface area contributed by atoms with Crippen LogP contribution < -0.4 is 41.5 Å². The number of thioether (sulfide) groups is 2. The van der Waals surface area contributed by atoms with Gasteiger partial charge in [-0.2, -0.15) is 0 Å². The highest BCUT2D eigenvalue weighted by atomic mass is 32.2. The molecule has 0 amide bonds. The number of unbranched alkanes of at least 4 members (excludes halogenated alkanes) is 2. The van der Waals surface area contributed by atoms with Crippen molar-refractivity contribution in [3.63, 3.8) is 0 Å². The zero-order valence-corrected chi connectivity index (χ0v) is 47.1. The van der Waals surface area contributed by atoms with Crippen LogP contribution in [-0.2, 0) is 12.8 Å². The molecule has 0 N–H and O–H groups in total. The SMILES string of the molecule is CCCCc1cc(-c2cc3c(s2)-c2sc(SC)cc2[Si]3(c2ccccc2)c2ccccc2)sc1-c1sc(-c2cc3c(s2)-c2sc(SC)cc2[Si]3(c2ccccc2)c2ccccc2)cc1CCCC. The Morgan fingerprint density at radius 1 is 0.353 bits per heavy atom. The summed E-state index contributed by atoms with van der Waals surface area (Å²) >= 11 is 16.1. The van der Waals surface area contributed by atoms with Gasteiger partial charge in [0.25, 0.3) is 0 Å². The van der Waals surface area contributed by atoms with Crippen LogP contribution in [0.25, 0.3) is 48.8 Å². The van der Waals surface area contributed by atoms with Gasteiger partial charge in [0, 0.05) is 48.8 Å². The van der Waals surface area contributed by atoms with Gasteiger partial charge in [-0.05, 0) is 127 Å². The summed E-state index contributed by atoms with van der Waals surface area (Å²) in [6, 6.07) is 61.7. The van der Waals surface area contributed by atoms with E-state index in [1.165, 1.54) is 115 Å². The minimum Gasteiger partial charge on any atom is -0.134 e. The molecule has 0 nitrogen and oxygen atoms in total. The van der Waals surface area contributed by atoms with E-state index in [2.05, 4.69) is 229 Å². The molecule has 2 aliphatic rings. The first-order chi connectivity index (χ1) is 33.5. The van der Waals surface area contributed by atoms with Gasteiger partial charge in [-0.1, -0.05) is 148 Å². The van der Waals surface area contributed by atoms with Crippen LogP contribution in [0.3, 0.4) is 0 Å². The van der Waals surface area contributed by atoms with E-state index in [4.69, 9.17) is 0 Å². The number of aryl methyl sites for hydroxylation is 2. The minimum atomic E-state index is -2.54. The Bertz CT molecular complexity index is 3100. The van der Waals surface area contributed by atoms with Gasteiger partial charge in [-0.15, -0.1) is 91.5 Å². The molecule has 0 saturated heterocycles. The van der Waals surface area contributed by atoms with Crippen molar-refractivity contribution in [3.05, 3.63) is 169 Å². The van der Waals surface area contributed by atoms with Gasteiger partial charge in [0.1, 0.15) is 0 Å². The molecule has 8 heterocycles. The Labute approximate surface area is 435 Å². The first kappa shape index (κ1) is 45.4. The Balaban J connectivity index is 1.01. The molecule has 0 bridgehead atoms. The van der Waals surface area contributed by atoms with E-state index in [1.54, 1.807) is 20.7 Å². The van der Waals surface area contributed by atoms with Crippen LogP contribution in [0.5, 0.6) is 0 Å². The van der Waals surface area contributed by atoms with Crippen LogP contribution in [0.2, 0.25) is 0 Å². The number of hydrogen-bond acceptors (Lipinski definition) is 8. The number of rotatable bonds is 15. The second-order valence-electron chi connectivity index (χ2n) is 17.8. The lowest BCUT2D eigenvalue weighted by Crippen LogP contribution is -2.72. The van der Waals surface area contributed by atoms with Gasteiger partial charge in [0.05, 0.1) is 8.42 Å². The van der Waals surface area contributed by atoms with Crippen LogP contribution in [0.15, 0.2) is 166 Å². The fraction of sp³-hybridized carbons (Fsp3) is 0.172. The molecular weight excluding hydrogens is 1010 g/mol. The summed E-state index contributed by atoms with van der Waals surface area (Å²) in [6.07, 6.45) is 11.5. The van der Waals surface area contributed by atoms with Gasteiger partial charge < -0.3 is 0 Å². The molecular formula is C58H50S8Si2. The molecule has 2 aliphatic heterocycles. The second-order valence-corrected chi connectivity index (χ2v) is 33.8. The van der Waals surface area contributed by atoms with Crippen molar-refractivity contribution >= 4 is 149 Å². The maximum absolute atomic E-state index is 2.65. The van der Waals surface area contributed by atoms with Gasteiger partial charge in [0.2, 0.25) is 0 Å². The molecule has 338 valence electrons. The van der Waals surface area contributed by atoms with Crippen molar-refractivity contribution < 1.29 is 0 Å². The first-order valence-corrected chi connectivity index (χ1v) is 35.0. The zero-order chi connectivity index (χ0) is 46.0. The van der Waals surface area contributed by atoms with Crippen molar-refractivity contribution in [3.8, 4) is 48.8 Å². The summed E-state index contributed by atoms with van der Waals surface area (Å²) in [5, 5.41) is 12.2. The standard InChI is InChI=1S/C58H50S8Si2/c1-5-7-21-37-31-43(45-33-47-55(63-45)57-49(35-51(59-3)65-57)67(47,39-23-13-9-14-24-39)40-25-15-10-16-26-40)61-53(37)54-38(22-8-6-2)32-44(62-54)46-34-48-56(64-46)58-50(36-52(60-4)66-58)68(48,41-27-17-11-18-28-41)42-29-19-12-20-30-42/h9-20,23-36H,5-8,21-22H2,1-4H3. The van der Waals surface area contributed by atoms with E-state index >= 15 is 0 Å². The largest absolute Gasteiger partial charge is 0.182 e. The third-order valence-corrected chi connectivity index (χ3v) is 34.3. The van der Waals surface area contributed by atoms with Crippen LogP contribution in [-0.4, -0.2) is 28.7 Å². The predicted molar refractivity (Wildman–Crippen MR) is 316 cm³/mol. The lowest BCUT2D eigenvalue weighted by atomic mass is 10.0. The monoisotopic (exact) mass is 1060 g/mol. The van der Waals surface area contributed by atoms with E-state index < -0.39 is 16.1 Å². The van der Waals surface area contributed by atoms with Crippen molar-refractivity contribution in [2.24, 2.45) is 0 Å². The summed E-state index contributed by atoms with van der Waals surface area (Å²) < 4.78 is 2.83. The minimum absolute atomic E-state index is 1.11. The van der Waals surface area contributed by atoms with Crippen molar-refractivity contribution in [1.82, 2.24) is 0 Å². The number of hydrogen-bond donors (Lipinski definition) is 0. The third-order valence-electron chi connectivity index (χ3n) is 14.1. The number of thiophene rings is 6. The van der Waals surface area contributed by atoms with Gasteiger partial charge in [-0.25, -0.2) is 0 Å². The molecule has 0 unspecified atom stereocenters. The molecule has 0 spiro atoms. The normalized spacial score (nSPS) is 14.0. The van der Waals surface area contributed by atoms with Crippen LogP contribution in [0.1, 0.15) is 50.7 Å². The Morgan fingerprint density at radius 3 is 0.971 bits per heavy atom. The smallest absolute Gasteiger partial charge is 0.134 e. The summed E-state index contributed by atoms with van der Waals surface area (Å²) in [5.74, 6) is 0. The van der Waals surface area contributed by atoms with Crippen molar-refractivity contribution in [1.29, 1.82) is 0 Å². The third kappa shape index (κ3) is 7.18. The average Bonchev–Trinajstić information content (AvgIpc) is 4.26. The molecule has 0 fully saturated rings. The summed E-state index contributed by atoms with van der Waals surface area (Å²) in [5.41, 5.74) is 3.06. The Hall–Kier alpha value is -3.79. The maximum atomic E-state index is 2.65. The van der Waals surface area contributed by atoms with E-state index in [9.17, 15) is 0 Å². The van der Waals surface area contributed by atoms with E-state index in [-0.39, 0.29) is 0 Å². The predicted octanol–water partition coefficient (Wildman–Crippen LogP) is 13.9. The topological polar surface area (TPSA) is 0 Å². The lowest BCUT2D eigenvalue weighted by molar-refractivity contribution is 0.794. The van der Waals surface area contributed by atoms with Crippen LogP contribution >= 0.6 is 91.5 Å². The molecule has 0 radical (unpaired) electrons. The Kier molecular flexibility index (Phi) is 12.5. The molecule has 12 rings (SSSR count).